The van der Waals surface area contributed by atoms with Gasteiger partial charge < -0.3 is 4.74 Å². The Balaban J connectivity index is 2.46. The summed E-state index contributed by atoms with van der Waals surface area (Å²) in [4.78, 5) is 21.5. The molecule has 0 fully saturated rings. The Labute approximate surface area is 117 Å². The second kappa shape index (κ2) is 5.66. The molecule has 0 atom stereocenters. The molecule has 7 heteroatoms. The molecule has 108 valence electrons. The molecule has 0 radical (unpaired) electrons. The van der Waals surface area contributed by atoms with Crippen molar-refractivity contribution >= 4 is 11.5 Å². The van der Waals surface area contributed by atoms with E-state index in [0.717, 1.165) is 30.3 Å². The lowest BCUT2D eigenvalue weighted by Crippen LogP contribution is -2.00. The van der Waals surface area contributed by atoms with Crippen molar-refractivity contribution in [2.45, 2.75) is 6.92 Å². The van der Waals surface area contributed by atoms with E-state index in [1.807, 2.05) is 0 Å². The van der Waals surface area contributed by atoms with Gasteiger partial charge in [0.05, 0.1) is 10.5 Å². The van der Waals surface area contributed by atoms with Crippen molar-refractivity contribution in [1.82, 2.24) is 0 Å². The van der Waals surface area contributed by atoms with Crippen LogP contribution in [0.1, 0.15) is 17.3 Å². The van der Waals surface area contributed by atoms with E-state index in [1.165, 1.54) is 13.0 Å². The van der Waals surface area contributed by atoms with E-state index in [0.29, 0.717) is 0 Å². The van der Waals surface area contributed by atoms with E-state index >= 15 is 0 Å². The number of nitro benzene ring substituents is 1. The molecule has 0 N–H and O–H groups in total. The molecule has 0 aliphatic rings. The fourth-order valence-electron chi connectivity index (χ4n) is 1.67. The molecule has 0 saturated carbocycles. The lowest BCUT2D eigenvalue weighted by Gasteiger charge is -2.10. The van der Waals surface area contributed by atoms with E-state index in [2.05, 4.69) is 0 Å². The predicted molar refractivity (Wildman–Crippen MR) is 69.5 cm³/mol. The van der Waals surface area contributed by atoms with E-state index in [1.54, 1.807) is 0 Å². The minimum Gasteiger partial charge on any atom is -0.453 e. The third-order valence-corrected chi connectivity index (χ3v) is 2.67. The molecular weight excluding hydrogens is 284 g/mol. The van der Waals surface area contributed by atoms with Crippen LogP contribution in [-0.4, -0.2) is 10.7 Å². The van der Waals surface area contributed by atoms with Gasteiger partial charge in [0, 0.05) is 18.2 Å². The SMILES string of the molecule is CC(=O)c1cc([N+](=O)[O-])ccc1Oc1cc(F)ccc1F. The molecule has 0 amide bonds. The van der Waals surface area contributed by atoms with Crippen molar-refractivity contribution in [2.75, 3.05) is 0 Å². The Morgan fingerprint density at radius 2 is 1.86 bits per heavy atom. The van der Waals surface area contributed by atoms with Gasteiger partial charge in [-0.25, -0.2) is 8.78 Å². The second-order valence-electron chi connectivity index (χ2n) is 4.17. The molecule has 2 aromatic carbocycles. The van der Waals surface area contributed by atoms with Crippen molar-refractivity contribution < 1.29 is 23.2 Å². The number of rotatable bonds is 4. The first kappa shape index (κ1) is 14.6. The first-order valence-electron chi connectivity index (χ1n) is 5.81. The van der Waals surface area contributed by atoms with Crippen LogP contribution in [0.5, 0.6) is 11.5 Å². The van der Waals surface area contributed by atoms with E-state index in [4.69, 9.17) is 4.74 Å². The van der Waals surface area contributed by atoms with Crippen LogP contribution in [0, 0.1) is 21.7 Å². The van der Waals surface area contributed by atoms with Crippen LogP contribution < -0.4 is 4.74 Å². The van der Waals surface area contributed by atoms with Crippen molar-refractivity contribution in [1.29, 1.82) is 0 Å². The third-order valence-electron chi connectivity index (χ3n) is 2.67. The highest BCUT2D eigenvalue weighted by molar-refractivity contribution is 5.97. The summed E-state index contributed by atoms with van der Waals surface area (Å²) in [6.45, 7) is 1.19. The monoisotopic (exact) mass is 293 g/mol. The molecule has 5 nitrogen and oxygen atoms in total. The summed E-state index contributed by atoms with van der Waals surface area (Å²) in [5.41, 5.74) is -0.389. The molecule has 0 aliphatic heterocycles. The number of ketones is 1. The van der Waals surface area contributed by atoms with Gasteiger partial charge in [-0.05, 0) is 25.1 Å². The molecule has 0 spiro atoms. The summed E-state index contributed by atoms with van der Waals surface area (Å²) in [5, 5.41) is 10.7. The largest absolute Gasteiger partial charge is 0.453 e. The van der Waals surface area contributed by atoms with Gasteiger partial charge in [0.25, 0.3) is 5.69 Å². The van der Waals surface area contributed by atoms with E-state index in [9.17, 15) is 23.7 Å². The first-order chi connectivity index (χ1) is 9.88. The zero-order valence-corrected chi connectivity index (χ0v) is 10.8. The van der Waals surface area contributed by atoms with Crippen molar-refractivity contribution in [3.8, 4) is 11.5 Å². The fourth-order valence-corrected chi connectivity index (χ4v) is 1.67. The van der Waals surface area contributed by atoms with Crippen LogP contribution >= 0.6 is 0 Å². The van der Waals surface area contributed by atoms with Gasteiger partial charge in [0.15, 0.2) is 17.3 Å². The molecule has 0 heterocycles. The molecule has 0 unspecified atom stereocenters. The Kier molecular flexibility index (Phi) is 3.93. The number of ether oxygens (including phenoxy) is 1. The number of carbonyl (C=O) groups is 1. The maximum absolute atomic E-state index is 13.5. The molecule has 0 saturated heterocycles. The van der Waals surface area contributed by atoms with Crippen LogP contribution in [0.25, 0.3) is 0 Å². The Bertz CT molecular complexity index is 731. The minimum absolute atomic E-state index is 0.0856. The smallest absolute Gasteiger partial charge is 0.270 e. The van der Waals surface area contributed by atoms with Crippen LogP contribution in [0.4, 0.5) is 14.5 Å². The Morgan fingerprint density at radius 1 is 1.14 bits per heavy atom. The summed E-state index contributed by atoms with van der Waals surface area (Å²) >= 11 is 0. The minimum atomic E-state index is -0.816. The highest BCUT2D eigenvalue weighted by atomic mass is 19.1. The maximum atomic E-state index is 13.5. The van der Waals surface area contributed by atoms with Crippen molar-refractivity contribution in [3.05, 3.63) is 63.7 Å². The van der Waals surface area contributed by atoms with E-state index < -0.39 is 28.1 Å². The summed E-state index contributed by atoms with van der Waals surface area (Å²) in [6.07, 6.45) is 0. The number of non-ortho nitro benzene ring substituents is 1. The van der Waals surface area contributed by atoms with Crippen LogP contribution in [0.3, 0.4) is 0 Å². The highest BCUT2D eigenvalue weighted by Crippen LogP contribution is 2.30. The van der Waals surface area contributed by atoms with Gasteiger partial charge in [0.1, 0.15) is 11.6 Å². The highest BCUT2D eigenvalue weighted by Gasteiger charge is 2.17. The van der Waals surface area contributed by atoms with Crippen LogP contribution in [-0.2, 0) is 0 Å². The zero-order chi connectivity index (χ0) is 15.6. The number of Topliss-reactive ketones (excluding diaryl/α,β-unsaturated/α-hetero) is 1. The topological polar surface area (TPSA) is 69.4 Å². The van der Waals surface area contributed by atoms with Crippen LogP contribution in [0.2, 0.25) is 0 Å². The second-order valence-corrected chi connectivity index (χ2v) is 4.17. The van der Waals surface area contributed by atoms with Crippen LogP contribution in [0.15, 0.2) is 36.4 Å². The van der Waals surface area contributed by atoms with Gasteiger partial charge >= 0.3 is 0 Å². The van der Waals surface area contributed by atoms with Gasteiger partial charge in [-0.2, -0.15) is 0 Å². The average molecular weight is 293 g/mol. The summed E-state index contributed by atoms with van der Waals surface area (Å²) in [5.74, 6) is -2.52. The lowest BCUT2D eigenvalue weighted by atomic mass is 10.1. The number of nitro groups is 1. The zero-order valence-electron chi connectivity index (χ0n) is 10.8. The summed E-state index contributed by atoms with van der Waals surface area (Å²) < 4.78 is 31.7. The van der Waals surface area contributed by atoms with Gasteiger partial charge in [0.2, 0.25) is 0 Å². The molecule has 2 rings (SSSR count). The van der Waals surface area contributed by atoms with Gasteiger partial charge in [-0.15, -0.1) is 0 Å². The molecular formula is C14H9F2NO4. The number of carbonyl (C=O) groups excluding carboxylic acids is 1. The maximum Gasteiger partial charge on any atom is 0.270 e. The van der Waals surface area contributed by atoms with Crippen molar-refractivity contribution in [2.24, 2.45) is 0 Å². The number of nitrogens with zero attached hydrogens (tertiary/aromatic N) is 1. The molecule has 21 heavy (non-hydrogen) atoms. The van der Waals surface area contributed by atoms with E-state index in [-0.39, 0.29) is 17.0 Å². The quantitative estimate of drug-likeness (QED) is 0.487. The number of hydrogen-bond acceptors (Lipinski definition) is 4. The normalized spacial score (nSPS) is 10.2. The summed E-state index contributed by atoms with van der Waals surface area (Å²) in [7, 11) is 0. The fraction of sp³-hybridized carbons (Fsp3) is 0.0714. The average Bonchev–Trinajstić information content (AvgIpc) is 2.42. The first-order valence-corrected chi connectivity index (χ1v) is 5.81. The number of hydrogen-bond donors (Lipinski definition) is 0. The van der Waals surface area contributed by atoms with Crippen molar-refractivity contribution in [3.63, 3.8) is 0 Å². The number of halogens is 2. The molecule has 2 aromatic rings. The third kappa shape index (κ3) is 3.19. The lowest BCUT2D eigenvalue weighted by molar-refractivity contribution is -0.384. The van der Waals surface area contributed by atoms with Gasteiger partial charge in [-0.1, -0.05) is 0 Å². The standard InChI is InChI=1S/C14H9F2NO4/c1-8(18)11-7-10(17(19)20)3-5-13(11)21-14-6-9(15)2-4-12(14)16/h2-7H,1H3. The predicted octanol–water partition coefficient (Wildman–Crippen LogP) is 3.87. The molecule has 0 aromatic heterocycles. The number of benzene rings is 2. The molecule has 0 bridgehead atoms. The molecule has 0 aliphatic carbocycles. The Morgan fingerprint density at radius 3 is 2.48 bits per heavy atom. The summed E-state index contributed by atoms with van der Waals surface area (Å²) in [6, 6.07) is 5.92. The Hall–Kier alpha value is -2.83. The van der Waals surface area contributed by atoms with Gasteiger partial charge in [-0.3, -0.25) is 14.9 Å².